The van der Waals surface area contributed by atoms with Gasteiger partial charge in [-0.25, -0.2) is 9.97 Å². The molecule has 1 amide bonds. The number of carbonyl (C=O) groups excluding carboxylic acids is 1. The first-order valence-corrected chi connectivity index (χ1v) is 10.1. The van der Waals surface area contributed by atoms with Gasteiger partial charge in [-0.2, -0.15) is 0 Å². The van der Waals surface area contributed by atoms with E-state index >= 15 is 0 Å². The Bertz CT molecular complexity index is 856. The van der Waals surface area contributed by atoms with Crippen molar-refractivity contribution in [3.8, 4) is 0 Å². The lowest BCUT2D eigenvalue weighted by atomic mass is 10.0. The number of hydrogen-bond acceptors (Lipinski definition) is 7. The summed E-state index contributed by atoms with van der Waals surface area (Å²) >= 11 is 0. The third kappa shape index (κ3) is 3.73. The summed E-state index contributed by atoms with van der Waals surface area (Å²) in [5, 5.41) is 7.15. The van der Waals surface area contributed by atoms with E-state index in [1.807, 2.05) is 11.0 Å². The molecule has 2 aliphatic heterocycles. The lowest BCUT2D eigenvalue weighted by Gasteiger charge is -2.29. The number of hydrogen-bond donors (Lipinski definition) is 1. The monoisotopic (exact) mass is 384 g/mol. The second-order valence-corrected chi connectivity index (χ2v) is 7.90. The molecule has 4 rings (SSSR count). The minimum atomic E-state index is 0.0243. The molecule has 0 unspecified atom stereocenters. The Morgan fingerprint density at radius 1 is 1.25 bits per heavy atom. The molecular formula is C20H28N6O2. The van der Waals surface area contributed by atoms with E-state index < -0.39 is 0 Å². The maximum atomic E-state index is 13.1. The largest absolute Gasteiger partial charge is 0.360 e. The Morgan fingerprint density at radius 2 is 2.04 bits per heavy atom. The fraction of sp³-hybridized carbons (Fsp3) is 0.600. The van der Waals surface area contributed by atoms with Gasteiger partial charge in [0.15, 0.2) is 5.76 Å². The first kappa shape index (κ1) is 18.9. The van der Waals surface area contributed by atoms with Crippen molar-refractivity contribution in [1.29, 1.82) is 0 Å². The van der Waals surface area contributed by atoms with Gasteiger partial charge in [-0.1, -0.05) is 19.0 Å². The van der Waals surface area contributed by atoms with Gasteiger partial charge in [0.05, 0.1) is 17.9 Å². The van der Waals surface area contributed by atoms with E-state index in [1.165, 1.54) is 0 Å². The van der Waals surface area contributed by atoms with Gasteiger partial charge >= 0.3 is 0 Å². The van der Waals surface area contributed by atoms with Crippen LogP contribution in [0.25, 0.3) is 0 Å². The van der Waals surface area contributed by atoms with Crippen LogP contribution in [-0.2, 0) is 19.5 Å². The molecule has 8 heteroatoms. The number of likely N-dealkylation sites (tertiary alicyclic amines) is 1. The standard InChI is InChI=1S/C20H28N6O2/c1-13(2)17-10-14(28-24-17)11-25-9-6-16-15(12-25)18(23-20(21-3)22-16)19(27)26-7-4-5-8-26/h10,13H,4-9,11-12H2,1-3H3,(H,21,22,23). The molecule has 1 saturated heterocycles. The van der Waals surface area contributed by atoms with Gasteiger partial charge in [-0.15, -0.1) is 0 Å². The molecule has 1 fully saturated rings. The van der Waals surface area contributed by atoms with E-state index in [0.29, 0.717) is 30.6 Å². The predicted octanol–water partition coefficient (Wildman–Crippen LogP) is 2.42. The van der Waals surface area contributed by atoms with Gasteiger partial charge in [0, 0.05) is 51.3 Å². The third-order valence-corrected chi connectivity index (χ3v) is 5.51. The number of carbonyl (C=O) groups is 1. The number of amides is 1. The molecule has 2 aromatic rings. The van der Waals surface area contributed by atoms with Crippen LogP contribution in [0.4, 0.5) is 5.95 Å². The lowest BCUT2D eigenvalue weighted by Crippen LogP contribution is -2.35. The smallest absolute Gasteiger partial charge is 0.273 e. The minimum absolute atomic E-state index is 0.0243. The molecule has 0 aromatic carbocycles. The van der Waals surface area contributed by atoms with Gasteiger partial charge in [-0.05, 0) is 18.8 Å². The average molecular weight is 384 g/mol. The van der Waals surface area contributed by atoms with E-state index in [2.05, 4.69) is 39.2 Å². The summed E-state index contributed by atoms with van der Waals surface area (Å²) in [5.74, 6) is 1.74. The number of fused-ring (bicyclic) bond motifs is 1. The van der Waals surface area contributed by atoms with Crippen LogP contribution in [0.2, 0.25) is 0 Å². The second-order valence-electron chi connectivity index (χ2n) is 7.90. The summed E-state index contributed by atoms with van der Waals surface area (Å²) in [6.45, 7) is 8.01. The van der Waals surface area contributed by atoms with Crippen molar-refractivity contribution >= 4 is 11.9 Å². The summed E-state index contributed by atoms with van der Waals surface area (Å²) in [4.78, 5) is 26.4. The molecular weight excluding hydrogens is 356 g/mol. The Balaban J connectivity index is 1.58. The van der Waals surface area contributed by atoms with Crippen LogP contribution >= 0.6 is 0 Å². The van der Waals surface area contributed by atoms with Gasteiger partial charge < -0.3 is 14.7 Å². The number of nitrogens with one attached hydrogen (secondary N) is 1. The summed E-state index contributed by atoms with van der Waals surface area (Å²) in [6, 6.07) is 2.02. The van der Waals surface area contributed by atoms with Crippen molar-refractivity contribution < 1.29 is 9.32 Å². The van der Waals surface area contributed by atoms with Crippen molar-refractivity contribution in [2.24, 2.45) is 0 Å². The highest BCUT2D eigenvalue weighted by molar-refractivity contribution is 5.94. The van der Waals surface area contributed by atoms with E-state index in [-0.39, 0.29) is 5.91 Å². The number of anilines is 1. The molecule has 2 aliphatic rings. The van der Waals surface area contributed by atoms with Crippen LogP contribution in [0, 0.1) is 0 Å². The molecule has 0 radical (unpaired) electrons. The molecule has 150 valence electrons. The van der Waals surface area contributed by atoms with Crippen LogP contribution in [0.15, 0.2) is 10.6 Å². The number of aromatic nitrogens is 3. The minimum Gasteiger partial charge on any atom is -0.360 e. The van der Waals surface area contributed by atoms with Crippen LogP contribution in [0.3, 0.4) is 0 Å². The first-order valence-electron chi connectivity index (χ1n) is 10.1. The van der Waals surface area contributed by atoms with Crippen LogP contribution in [-0.4, -0.2) is 57.5 Å². The molecule has 0 spiro atoms. The highest BCUT2D eigenvalue weighted by Crippen LogP contribution is 2.25. The van der Waals surface area contributed by atoms with Gasteiger partial charge in [-0.3, -0.25) is 9.69 Å². The fourth-order valence-electron chi connectivity index (χ4n) is 3.86. The van der Waals surface area contributed by atoms with Crippen molar-refractivity contribution in [2.75, 3.05) is 32.0 Å². The van der Waals surface area contributed by atoms with E-state index in [4.69, 9.17) is 4.52 Å². The van der Waals surface area contributed by atoms with Crippen LogP contribution < -0.4 is 5.32 Å². The highest BCUT2D eigenvalue weighted by Gasteiger charge is 2.29. The fourth-order valence-corrected chi connectivity index (χ4v) is 3.86. The Kier molecular flexibility index (Phi) is 5.30. The number of nitrogens with zero attached hydrogens (tertiary/aromatic N) is 5. The second kappa shape index (κ2) is 7.87. The summed E-state index contributed by atoms with van der Waals surface area (Å²) in [7, 11) is 1.79. The first-order chi connectivity index (χ1) is 13.5. The van der Waals surface area contributed by atoms with E-state index in [1.54, 1.807) is 7.05 Å². The van der Waals surface area contributed by atoms with Gasteiger partial charge in [0.2, 0.25) is 5.95 Å². The van der Waals surface area contributed by atoms with Crippen molar-refractivity contribution in [2.45, 2.75) is 52.1 Å². The van der Waals surface area contributed by atoms with Crippen molar-refractivity contribution in [3.63, 3.8) is 0 Å². The normalized spacial score (nSPS) is 17.2. The zero-order valence-electron chi connectivity index (χ0n) is 16.9. The molecule has 0 saturated carbocycles. The summed E-state index contributed by atoms with van der Waals surface area (Å²) in [6.07, 6.45) is 2.92. The molecule has 28 heavy (non-hydrogen) atoms. The third-order valence-electron chi connectivity index (χ3n) is 5.51. The average Bonchev–Trinajstić information content (AvgIpc) is 3.39. The maximum absolute atomic E-state index is 13.1. The topological polar surface area (TPSA) is 87.4 Å². The molecule has 0 aliphatic carbocycles. The molecule has 0 bridgehead atoms. The quantitative estimate of drug-likeness (QED) is 0.847. The molecule has 1 N–H and O–H groups in total. The summed E-state index contributed by atoms with van der Waals surface area (Å²) in [5.41, 5.74) is 3.44. The predicted molar refractivity (Wildman–Crippen MR) is 105 cm³/mol. The SMILES string of the molecule is CNc1nc2c(c(C(=O)N3CCCC3)n1)CN(Cc1cc(C(C)C)no1)CC2. The van der Waals surface area contributed by atoms with E-state index in [0.717, 1.165) is 61.6 Å². The zero-order valence-corrected chi connectivity index (χ0v) is 16.9. The Morgan fingerprint density at radius 3 is 2.71 bits per heavy atom. The van der Waals surface area contributed by atoms with E-state index in [9.17, 15) is 4.79 Å². The van der Waals surface area contributed by atoms with Gasteiger partial charge in [0.25, 0.3) is 5.91 Å². The molecule has 8 nitrogen and oxygen atoms in total. The molecule has 4 heterocycles. The zero-order chi connectivity index (χ0) is 19.7. The Labute approximate surface area is 165 Å². The molecule has 2 aromatic heterocycles. The van der Waals surface area contributed by atoms with Crippen LogP contribution in [0.1, 0.15) is 65.8 Å². The molecule has 0 atom stereocenters. The highest BCUT2D eigenvalue weighted by atomic mass is 16.5. The Hall–Kier alpha value is -2.48. The van der Waals surface area contributed by atoms with Crippen LogP contribution in [0.5, 0.6) is 0 Å². The van der Waals surface area contributed by atoms with Gasteiger partial charge in [0.1, 0.15) is 5.69 Å². The van der Waals surface area contributed by atoms with Crippen molar-refractivity contribution in [3.05, 3.63) is 34.5 Å². The van der Waals surface area contributed by atoms with Crippen molar-refractivity contribution in [1.82, 2.24) is 24.9 Å². The maximum Gasteiger partial charge on any atom is 0.273 e. The summed E-state index contributed by atoms with van der Waals surface area (Å²) < 4.78 is 5.50. The lowest BCUT2D eigenvalue weighted by molar-refractivity contribution is 0.0783. The number of rotatable bonds is 5.